The lowest BCUT2D eigenvalue weighted by Gasteiger charge is -2.02. The third-order valence-electron chi connectivity index (χ3n) is 1.26. The number of carbonyl (C=O) groups is 1. The largest absolute Gasteiger partial charge is 0.482 e. The first-order valence-corrected chi connectivity index (χ1v) is 4.23. The number of ether oxygens (including phenoxy) is 1. The molecule has 3 heteroatoms. The average Bonchev–Trinajstić information content (AvgIpc) is 2.06. The number of carbonyl (C=O) groups excluding carboxylic acids is 1. The molecule has 0 aromatic heterocycles. The van der Waals surface area contributed by atoms with Gasteiger partial charge >= 0.3 is 0 Å². The number of hydrogen-bond acceptors (Lipinski definition) is 2. The maximum atomic E-state index is 10.4. The number of benzene rings is 1. The molecular weight excluding hydrogens is 208 g/mol. The number of aldehydes is 1. The van der Waals surface area contributed by atoms with E-state index in [1.54, 1.807) is 18.2 Å². The van der Waals surface area contributed by atoms with E-state index in [2.05, 4.69) is 15.9 Å². The number of alkyl halides is 1. The van der Waals surface area contributed by atoms with Gasteiger partial charge in [0.2, 0.25) is 0 Å². The molecular formula is C8H7BrO2. The lowest BCUT2D eigenvalue weighted by Crippen LogP contribution is -1.92. The number of para-hydroxylation sites is 1. The van der Waals surface area contributed by atoms with Gasteiger partial charge in [-0.25, -0.2) is 0 Å². The molecule has 0 saturated heterocycles. The number of hydrogen-bond donors (Lipinski definition) is 0. The van der Waals surface area contributed by atoms with Gasteiger partial charge in [0.05, 0.1) is 5.56 Å². The molecule has 0 spiro atoms. The Hall–Kier alpha value is -0.830. The van der Waals surface area contributed by atoms with E-state index >= 15 is 0 Å². The lowest BCUT2D eigenvalue weighted by molar-refractivity contribution is 0.112. The van der Waals surface area contributed by atoms with Crippen LogP contribution in [0.2, 0.25) is 0 Å². The second-order valence-corrected chi connectivity index (χ2v) is 2.37. The molecule has 1 rings (SSSR count). The maximum absolute atomic E-state index is 10.4. The normalized spacial score (nSPS) is 9.18. The maximum Gasteiger partial charge on any atom is 0.153 e. The van der Waals surface area contributed by atoms with Crippen LogP contribution in [0.4, 0.5) is 0 Å². The molecule has 1 aromatic rings. The van der Waals surface area contributed by atoms with Crippen molar-refractivity contribution in [3.63, 3.8) is 0 Å². The van der Waals surface area contributed by atoms with Gasteiger partial charge in [0.1, 0.15) is 11.3 Å². The molecule has 58 valence electrons. The van der Waals surface area contributed by atoms with Gasteiger partial charge in [-0.05, 0) is 28.1 Å². The van der Waals surface area contributed by atoms with Crippen molar-refractivity contribution in [3.8, 4) is 5.75 Å². The Balaban J connectivity index is 2.92. The van der Waals surface area contributed by atoms with Gasteiger partial charge < -0.3 is 4.74 Å². The molecule has 0 bridgehead atoms. The van der Waals surface area contributed by atoms with Gasteiger partial charge in [0, 0.05) is 0 Å². The molecule has 0 aliphatic rings. The molecule has 2 nitrogen and oxygen atoms in total. The first kappa shape index (κ1) is 8.27. The number of halogens is 1. The van der Waals surface area contributed by atoms with Crippen LogP contribution in [0.3, 0.4) is 0 Å². The smallest absolute Gasteiger partial charge is 0.153 e. The van der Waals surface area contributed by atoms with Crippen molar-refractivity contribution in [1.29, 1.82) is 0 Å². The summed E-state index contributed by atoms with van der Waals surface area (Å²) in [6.45, 7) is 0. The Kier molecular flexibility index (Phi) is 3.11. The Labute approximate surface area is 73.3 Å². The third-order valence-corrected chi connectivity index (χ3v) is 1.48. The minimum atomic E-state index is 0.401. The minimum Gasteiger partial charge on any atom is -0.482 e. The highest BCUT2D eigenvalue weighted by molar-refractivity contribution is 9.09. The first-order valence-electron chi connectivity index (χ1n) is 3.11. The van der Waals surface area contributed by atoms with Gasteiger partial charge in [-0.2, -0.15) is 0 Å². The van der Waals surface area contributed by atoms with Crippen molar-refractivity contribution in [1.82, 2.24) is 0 Å². The van der Waals surface area contributed by atoms with Crippen LogP contribution >= 0.6 is 15.9 Å². The quantitative estimate of drug-likeness (QED) is 0.570. The summed E-state index contributed by atoms with van der Waals surface area (Å²) < 4.78 is 5.11. The Morgan fingerprint density at radius 2 is 2.18 bits per heavy atom. The van der Waals surface area contributed by atoms with E-state index in [0.717, 1.165) is 6.29 Å². The predicted molar refractivity (Wildman–Crippen MR) is 46.3 cm³/mol. The SMILES string of the molecule is O=Cc1ccccc1OCBr. The Morgan fingerprint density at radius 1 is 1.45 bits per heavy atom. The van der Waals surface area contributed by atoms with Crippen LogP contribution in [0, 0.1) is 0 Å². The second kappa shape index (κ2) is 4.13. The third kappa shape index (κ3) is 2.05. The molecule has 0 fully saturated rings. The van der Waals surface area contributed by atoms with Crippen LogP contribution in [0.1, 0.15) is 10.4 Å². The summed E-state index contributed by atoms with van der Waals surface area (Å²) in [5.74, 6) is 0.611. The molecule has 0 saturated carbocycles. The fourth-order valence-corrected chi connectivity index (χ4v) is 1.01. The molecule has 0 radical (unpaired) electrons. The highest BCUT2D eigenvalue weighted by Gasteiger charge is 1.98. The summed E-state index contributed by atoms with van der Waals surface area (Å²) in [6, 6.07) is 7.09. The highest BCUT2D eigenvalue weighted by Crippen LogP contribution is 2.15. The summed E-state index contributed by atoms with van der Waals surface area (Å²) >= 11 is 3.11. The van der Waals surface area contributed by atoms with Crippen LogP contribution in [0.15, 0.2) is 24.3 Å². The van der Waals surface area contributed by atoms with Crippen molar-refractivity contribution in [2.24, 2.45) is 0 Å². The summed E-state index contributed by atoms with van der Waals surface area (Å²) in [4.78, 5) is 10.4. The predicted octanol–water partition coefficient (Wildman–Crippen LogP) is 2.23. The topological polar surface area (TPSA) is 26.3 Å². The van der Waals surface area contributed by atoms with Crippen LogP contribution in [-0.2, 0) is 0 Å². The molecule has 0 heterocycles. The molecule has 0 N–H and O–H groups in total. The molecule has 0 atom stereocenters. The van der Waals surface area contributed by atoms with Crippen molar-refractivity contribution < 1.29 is 9.53 Å². The van der Waals surface area contributed by atoms with E-state index < -0.39 is 0 Å². The molecule has 0 amide bonds. The van der Waals surface area contributed by atoms with Gasteiger partial charge in [0.25, 0.3) is 0 Å². The first-order chi connectivity index (χ1) is 5.38. The standard InChI is InChI=1S/C8H7BrO2/c9-6-11-8-4-2-1-3-7(8)5-10/h1-5H,6H2. The summed E-state index contributed by atoms with van der Waals surface area (Å²) in [5.41, 5.74) is 0.977. The van der Waals surface area contributed by atoms with Gasteiger partial charge in [0.15, 0.2) is 6.29 Å². The molecule has 0 aliphatic carbocycles. The van der Waals surface area contributed by atoms with E-state index in [9.17, 15) is 4.79 Å². The molecule has 1 aromatic carbocycles. The summed E-state index contributed by atoms with van der Waals surface area (Å²) in [7, 11) is 0. The highest BCUT2D eigenvalue weighted by atomic mass is 79.9. The second-order valence-electron chi connectivity index (χ2n) is 1.91. The van der Waals surface area contributed by atoms with Crippen molar-refractivity contribution in [2.45, 2.75) is 0 Å². The van der Waals surface area contributed by atoms with Crippen LogP contribution in [0.25, 0.3) is 0 Å². The van der Waals surface area contributed by atoms with Crippen molar-refractivity contribution in [2.75, 3.05) is 5.52 Å². The Bertz CT molecular complexity index is 248. The zero-order valence-corrected chi connectivity index (χ0v) is 7.37. The van der Waals surface area contributed by atoms with Crippen molar-refractivity contribution in [3.05, 3.63) is 29.8 Å². The summed E-state index contributed by atoms with van der Waals surface area (Å²) in [5, 5.41) is 0. The van der Waals surface area contributed by atoms with E-state index in [-0.39, 0.29) is 0 Å². The zero-order chi connectivity index (χ0) is 8.10. The summed E-state index contributed by atoms with van der Waals surface area (Å²) in [6.07, 6.45) is 0.776. The Morgan fingerprint density at radius 3 is 2.82 bits per heavy atom. The van der Waals surface area contributed by atoms with E-state index in [1.165, 1.54) is 0 Å². The number of rotatable bonds is 3. The van der Waals surface area contributed by atoms with E-state index in [1.807, 2.05) is 6.07 Å². The van der Waals surface area contributed by atoms with E-state index in [4.69, 9.17) is 4.74 Å². The van der Waals surface area contributed by atoms with Gasteiger partial charge in [-0.15, -0.1) is 0 Å². The van der Waals surface area contributed by atoms with Gasteiger partial charge in [-0.1, -0.05) is 12.1 Å². The average molecular weight is 215 g/mol. The van der Waals surface area contributed by atoms with E-state index in [0.29, 0.717) is 16.8 Å². The van der Waals surface area contributed by atoms with Crippen LogP contribution in [-0.4, -0.2) is 11.8 Å². The fourth-order valence-electron chi connectivity index (χ4n) is 0.768. The van der Waals surface area contributed by atoms with Crippen molar-refractivity contribution >= 4 is 22.2 Å². The van der Waals surface area contributed by atoms with Crippen LogP contribution in [0.5, 0.6) is 5.75 Å². The molecule has 0 aliphatic heterocycles. The molecule has 0 unspecified atom stereocenters. The monoisotopic (exact) mass is 214 g/mol. The fraction of sp³-hybridized carbons (Fsp3) is 0.125. The van der Waals surface area contributed by atoms with Crippen LogP contribution < -0.4 is 4.74 Å². The molecule has 11 heavy (non-hydrogen) atoms. The van der Waals surface area contributed by atoms with Gasteiger partial charge in [-0.3, -0.25) is 4.79 Å². The zero-order valence-electron chi connectivity index (χ0n) is 5.79. The lowest BCUT2D eigenvalue weighted by atomic mass is 10.2. The minimum absolute atomic E-state index is 0.401.